The molecule has 3 rings (SSSR count). The van der Waals surface area contributed by atoms with E-state index in [9.17, 15) is 4.79 Å². The molecule has 2 atom stereocenters. The Bertz CT molecular complexity index is 563. The lowest BCUT2D eigenvalue weighted by Crippen LogP contribution is -2.40. The zero-order chi connectivity index (χ0) is 16.9. The van der Waals surface area contributed by atoms with Crippen LogP contribution in [0, 0.1) is 0 Å². The van der Waals surface area contributed by atoms with Gasteiger partial charge < -0.3 is 14.4 Å². The topological polar surface area (TPSA) is 42.0 Å². The van der Waals surface area contributed by atoms with Gasteiger partial charge in [0.1, 0.15) is 0 Å². The molecular formula is C19H28N2O3. The number of nitrogens with zero attached hydrogens (tertiary/aromatic N) is 2. The van der Waals surface area contributed by atoms with Crippen molar-refractivity contribution >= 4 is 5.91 Å². The van der Waals surface area contributed by atoms with Gasteiger partial charge in [0.2, 0.25) is 5.91 Å². The van der Waals surface area contributed by atoms with Gasteiger partial charge in [-0.05, 0) is 24.0 Å². The van der Waals surface area contributed by atoms with E-state index in [1.807, 2.05) is 4.90 Å². The third kappa shape index (κ3) is 3.97. The summed E-state index contributed by atoms with van der Waals surface area (Å²) in [6, 6.07) is 8.78. The molecule has 0 radical (unpaired) electrons. The molecule has 2 heterocycles. The van der Waals surface area contributed by atoms with Gasteiger partial charge in [-0.3, -0.25) is 9.69 Å². The Labute approximate surface area is 144 Å². The molecule has 0 unspecified atom stereocenters. The fraction of sp³-hybridized carbons (Fsp3) is 0.632. The number of likely N-dealkylation sites (tertiary alicyclic amines) is 1. The van der Waals surface area contributed by atoms with Crippen molar-refractivity contribution in [3.05, 3.63) is 35.4 Å². The molecule has 132 valence electrons. The number of carbonyl (C=O) groups excluding carboxylic acids is 1. The van der Waals surface area contributed by atoms with Crippen LogP contribution in [0.5, 0.6) is 0 Å². The van der Waals surface area contributed by atoms with Crippen LogP contribution in [0.3, 0.4) is 0 Å². The van der Waals surface area contributed by atoms with Crippen LogP contribution >= 0.6 is 0 Å². The Morgan fingerprint density at radius 2 is 2.04 bits per heavy atom. The average molecular weight is 332 g/mol. The summed E-state index contributed by atoms with van der Waals surface area (Å²) in [7, 11) is 3.49. The molecule has 0 N–H and O–H groups in total. The van der Waals surface area contributed by atoms with Gasteiger partial charge in [-0.25, -0.2) is 0 Å². The summed E-state index contributed by atoms with van der Waals surface area (Å²) >= 11 is 0. The van der Waals surface area contributed by atoms with Crippen LogP contribution in [0.15, 0.2) is 24.3 Å². The van der Waals surface area contributed by atoms with Crippen molar-refractivity contribution in [2.75, 3.05) is 40.5 Å². The smallest absolute Gasteiger partial charge is 0.224 e. The van der Waals surface area contributed by atoms with Crippen LogP contribution in [-0.4, -0.2) is 68.3 Å². The minimum absolute atomic E-state index is 0.251. The monoisotopic (exact) mass is 332 g/mol. The maximum atomic E-state index is 12.6. The molecule has 0 spiro atoms. The van der Waals surface area contributed by atoms with Crippen molar-refractivity contribution in [3.8, 4) is 0 Å². The quantitative estimate of drug-likeness (QED) is 0.795. The second-order valence-corrected chi connectivity index (χ2v) is 6.78. The molecule has 2 aliphatic rings. The van der Waals surface area contributed by atoms with Gasteiger partial charge in [-0.1, -0.05) is 24.3 Å². The lowest BCUT2D eigenvalue weighted by molar-refractivity contribution is -0.132. The standard InChI is InChI=1S/C19H28N2O3/c1-23-14-17-11-18(24-2)13-20(17)10-8-19(22)21-9-7-15-5-3-4-6-16(15)12-21/h3-6,17-18H,7-14H2,1-2H3/t17-,18+/m0/s1. The van der Waals surface area contributed by atoms with Crippen molar-refractivity contribution in [2.45, 2.75) is 38.0 Å². The summed E-state index contributed by atoms with van der Waals surface area (Å²) in [5.41, 5.74) is 2.67. The first-order chi connectivity index (χ1) is 11.7. The first kappa shape index (κ1) is 17.4. The first-order valence-corrected chi connectivity index (χ1v) is 8.81. The van der Waals surface area contributed by atoms with Crippen LogP contribution in [0.4, 0.5) is 0 Å². The fourth-order valence-electron chi connectivity index (χ4n) is 3.85. The molecule has 0 bridgehead atoms. The Hall–Kier alpha value is -1.43. The SMILES string of the molecule is COC[C@@H]1C[C@@H](OC)CN1CCC(=O)N1CCc2ccccc2C1. The third-order valence-corrected chi connectivity index (χ3v) is 5.28. The summed E-state index contributed by atoms with van der Waals surface area (Å²) in [4.78, 5) is 17.0. The molecule has 1 aromatic rings. The highest BCUT2D eigenvalue weighted by molar-refractivity contribution is 5.76. The van der Waals surface area contributed by atoms with Gasteiger partial charge in [-0.15, -0.1) is 0 Å². The highest BCUT2D eigenvalue weighted by atomic mass is 16.5. The number of carbonyl (C=O) groups is 1. The van der Waals surface area contributed by atoms with Crippen molar-refractivity contribution in [1.82, 2.24) is 9.80 Å². The van der Waals surface area contributed by atoms with Crippen LogP contribution in [0.2, 0.25) is 0 Å². The summed E-state index contributed by atoms with van der Waals surface area (Å²) in [5.74, 6) is 0.251. The highest BCUT2D eigenvalue weighted by Crippen LogP contribution is 2.22. The number of ether oxygens (including phenoxy) is 2. The van der Waals surface area contributed by atoms with Crippen molar-refractivity contribution < 1.29 is 14.3 Å². The van der Waals surface area contributed by atoms with Crippen LogP contribution in [0.25, 0.3) is 0 Å². The zero-order valence-electron chi connectivity index (χ0n) is 14.7. The maximum Gasteiger partial charge on any atom is 0.224 e. The first-order valence-electron chi connectivity index (χ1n) is 8.81. The van der Waals surface area contributed by atoms with Gasteiger partial charge in [0.15, 0.2) is 0 Å². The number of fused-ring (bicyclic) bond motifs is 1. The lowest BCUT2D eigenvalue weighted by Gasteiger charge is -2.30. The predicted octanol–water partition coefficient (Wildman–Crippen LogP) is 1.70. The minimum atomic E-state index is 0.251. The second-order valence-electron chi connectivity index (χ2n) is 6.78. The molecule has 2 aliphatic heterocycles. The lowest BCUT2D eigenvalue weighted by atomic mass is 10.00. The fourth-order valence-corrected chi connectivity index (χ4v) is 3.85. The van der Waals surface area contributed by atoms with Crippen LogP contribution in [0.1, 0.15) is 24.0 Å². The predicted molar refractivity (Wildman–Crippen MR) is 92.8 cm³/mol. The van der Waals surface area contributed by atoms with E-state index in [4.69, 9.17) is 9.47 Å². The van der Waals surface area contributed by atoms with Gasteiger partial charge in [0.25, 0.3) is 0 Å². The summed E-state index contributed by atoms with van der Waals surface area (Å²) in [6.45, 7) is 3.95. The molecule has 0 aliphatic carbocycles. The maximum absolute atomic E-state index is 12.6. The van der Waals surface area contributed by atoms with E-state index in [1.165, 1.54) is 11.1 Å². The average Bonchev–Trinajstić information content (AvgIpc) is 3.01. The van der Waals surface area contributed by atoms with Crippen LogP contribution < -0.4 is 0 Å². The highest BCUT2D eigenvalue weighted by Gasteiger charge is 2.32. The normalized spacial score (nSPS) is 24.2. The Morgan fingerprint density at radius 1 is 1.25 bits per heavy atom. The minimum Gasteiger partial charge on any atom is -0.383 e. The van der Waals surface area contributed by atoms with Crippen molar-refractivity contribution in [3.63, 3.8) is 0 Å². The number of amides is 1. The van der Waals surface area contributed by atoms with E-state index in [0.717, 1.165) is 39.0 Å². The summed E-state index contributed by atoms with van der Waals surface area (Å²) < 4.78 is 10.8. The molecular weight excluding hydrogens is 304 g/mol. The van der Waals surface area contributed by atoms with E-state index in [0.29, 0.717) is 19.1 Å². The van der Waals surface area contributed by atoms with E-state index >= 15 is 0 Å². The van der Waals surface area contributed by atoms with E-state index in [-0.39, 0.29) is 12.0 Å². The Kier molecular flexibility index (Phi) is 5.87. The molecule has 1 fully saturated rings. The van der Waals surface area contributed by atoms with Gasteiger partial charge in [0.05, 0.1) is 12.7 Å². The molecule has 0 aromatic heterocycles. The number of rotatable bonds is 6. The summed E-state index contributed by atoms with van der Waals surface area (Å²) in [6.07, 6.45) is 2.76. The Morgan fingerprint density at radius 3 is 2.79 bits per heavy atom. The van der Waals surface area contributed by atoms with Gasteiger partial charge >= 0.3 is 0 Å². The molecule has 5 nitrogen and oxygen atoms in total. The number of benzene rings is 1. The Balaban J connectivity index is 1.52. The summed E-state index contributed by atoms with van der Waals surface area (Å²) in [5, 5.41) is 0. The third-order valence-electron chi connectivity index (χ3n) is 5.28. The van der Waals surface area contributed by atoms with E-state index in [2.05, 4.69) is 29.2 Å². The van der Waals surface area contributed by atoms with Crippen molar-refractivity contribution in [1.29, 1.82) is 0 Å². The molecule has 0 saturated carbocycles. The van der Waals surface area contributed by atoms with E-state index in [1.54, 1.807) is 14.2 Å². The number of hydrogen-bond acceptors (Lipinski definition) is 4. The number of methoxy groups -OCH3 is 2. The largest absolute Gasteiger partial charge is 0.383 e. The van der Waals surface area contributed by atoms with E-state index < -0.39 is 0 Å². The van der Waals surface area contributed by atoms with Crippen molar-refractivity contribution in [2.24, 2.45) is 0 Å². The molecule has 24 heavy (non-hydrogen) atoms. The second kappa shape index (κ2) is 8.10. The molecule has 5 heteroatoms. The van der Waals surface area contributed by atoms with Gasteiger partial charge in [0, 0.05) is 52.9 Å². The molecule has 1 amide bonds. The molecule has 1 aromatic carbocycles. The zero-order valence-corrected chi connectivity index (χ0v) is 14.7. The number of hydrogen-bond donors (Lipinski definition) is 0. The molecule has 1 saturated heterocycles. The van der Waals surface area contributed by atoms with Gasteiger partial charge in [-0.2, -0.15) is 0 Å². The van der Waals surface area contributed by atoms with Crippen LogP contribution in [-0.2, 0) is 27.2 Å².